The van der Waals surface area contributed by atoms with Crippen molar-refractivity contribution in [1.29, 1.82) is 0 Å². The lowest BCUT2D eigenvalue weighted by Crippen LogP contribution is -2.51. The molecule has 7 nitrogen and oxygen atoms in total. The highest BCUT2D eigenvalue weighted by atomic mass is 16.5. The number of aromatic nitrogens is 2. The van der Waals surface area contributed by atoms with Gasteiger partial charge in [-0.2, -0.15) is 0 Å². The summed E-state index contributed by atoms with van der Waals surface area (Å²) in [6, 6.07) is 12.7. The van der Waals surface area contributed by atoms with Crippen LogP contribution in [0.5, 0.6) is 0 Å². The predicted octanol–water partition coefficient (Wildman–Crippen LogP) is 3.66. The highest BCUT2D eigenvalue weighted by molar-refractivity contribution is 5.96. The Balaban J connectivity index is 1.47. The molecule has 2 aromatic heterocycles. The molecule has 1 aliphatic heterocycles. The first kappa shape index (κ1) is 20.8. The Morgan fingerprint density at radius 2 is 2.00 bits per heavy atom. The first-order valence-electron chi connectivity index (χ1n) is 10.6. The summed E-state index contributed by atoms with van der Waals surface area (Å²) in [4.78, 5) is 31.8. The molecule has 3 heterocycles. The molecule has 0 aliphatic carbocycles. The number of piperidine rings is 1. The van der Waals surface area contributed by atoms with Gasteiger partial charge < -0.3 is 14.7 Å². The maximum absolute atomic E-state index is 13.2. The van der Waals surface area contributed by atoms with E-state index < -0.39 is 6.04 Å². The van der Waals surface area contributed by atoms with E-state index in [4.69, 9.17) is 4.52 Å². The highest BCUT2D eigenvalue weighted by Crippen LogP contribution is 2.25. The largest absolute Gasteiger partial charge is 0.355 e. The van der Waals surface area contributed by atoms with Gasteiger partial charge in [-0.05, 0) is 62.4 Å². The number of nitrogens with one attached hydrogen (secondary N) is 1. The molecule has 160 valence electrons. The fourth-order valence-corrected chi connectivity index (χ4v) is 3.80. The second-order valence-corrected chi connectivity index (χ2v) is 7.92. The van der Waals surface area contributed by atoms with Crippen LogP contribution in [-0.2, 0) is 11.3 Å². The zero-order chi connectivity index (χ0) is 21.8. The quantitative estimate of drug-likeness (QED) is 0.683. The number of hydrogen-bond donors (Lipinski definition) is 1. The second-order valence-electron chi connectivity index (χ2n) is 7.92. The van der Waals surface area contributed by atoms with Crippen LogP contribution in [0.3, 0.4) is 0 Å². The van der Waals surface area contributed by atoms with Gasteiger partial charge in [-0.3, -0.25) is 14.6 Å². The summed E-state index contributed by atoms with van der Waals surface area (Å²) in [6.07, 6.45) is 4.08. The molecule has 0 spiro atoms. The highest BCUT2D eigenvalue weighted by Gasteiger charge is 2.34. The Bertz CT molecular complexity index is 1080. The Labute approximate surface area is 181 Å². The Hall–Kier alpha value is -3.48. The standard InChI is InChI=1S/C24H26N4O3/c1-16-9-10-18(13-17(16)2)22-14-20(27-31-22)24(30)28-12-6-4-8-21(28)23(29)26-15-19-7-3-5-11-25-19/h3,5,7,9-11,13-14,21H,4,6,8,12,15H2,1-2H3,(H,26,29)/t21-/m1/s1. The van der Waals surface area contributed by atoms with Crippen molar-refractivity contribution in [2.24, 2.45) is 0 Å². The zero-order valence-electron chi connectivity index (χ0n) is 17.8. The number of aryl methyl sites for hydroxylation is 2. The average Bonchev–Trinajstić information content (AvgIpc) is 3.30. The molecule has 4 rings (SSSR count). The molecule has 0 saturated carbocycles. The van der Waals surface area contributed by atoms with Crippen LogP contribution in [0.1, 0.15) is 46.6 Å². The minimum absolute atomic E-state index is 0.170. The van der Waals surface area contributed by atoms with Gasteiger partial charge in [-0.15, -0.1) is 0 Å². The first-order chi connectivity index (χ1) is 15.0. The van der Waals surface area contributed by atoms with E-state index in [0.29, 0.717) is 25.3 Å². The van der Waals surface area contributed by atoms with Crippen LogP contribution in [-0.4, -0.2) is 39.4 Å². The Morgan fingerprint density at radius 1 is 1.13 bits per heavy atom. The van der Waals surface area contributed by atoms with Gasteiger partial charge in [-0.1, -0.05) is 23.4 Å². The van der Waals surface area contributed by atoms with Crippen molar-refractivity contribution in [2.75, 3.05) is 6.54 Å². The third kappa shape index (κ3) is 4.66. The van der Waals surface area contributed by atoms with E-state index in [1.165, 1.54) is 5.56 Å². The smallest absolute Gasteiger partial charge is 0.276 e. The van der Waals surface area contributed by atoms with E-state index in [2.05, 4.69) is 15.5 Å². The lowest BCUT2D eigenvalue weighted by molar-refractivity contribution is -0.126. The average molecular weight is 418 g/mol. The summed E-state index contributed by atoms with van der Waals surface area (Å²) in [6.45, 7) is 4.93. The normalized spacial score (nSPS) is 16.2. The van der Waals surface area contributed by atoms with Gasteiger partial charge in [-0.25, -0.2) is 0 Å². The summed E-state index contributed by atoms with van der Waals surface area (Å²) in [5.74, 6) is 0.0905. The molecule has 2 amide bonds. The molecule has 1 aliphatic rings. The zero-order valence-corrected chi connectivity index (χ0v) is 17.8. The van der Waals surface area contributed by atoms with Crippen LogP contribution in [0.4, 0.5) is 0 Å². The van der Waals surface area contributed by atoms with Gasteiger partial charge in [0.25, 0.3) is 5.91 Å². The number of nitrogens with zero attached hydrogens (tertiary/aromatic N) is 3. The van der Waals surface area contributed by atoms with E-state index in [9.17, 15) is 9.59 Å². The van der Waals surface area contributed by atoms with Crippen molar-refractivity contribution in [3.63, 3.8) is 0 Å². The first-order valence-corrected chi connectivity index (χ1v) is 10.6. The number of carbonyl (C=O) groups is 2. The number of rotatable bonds is 5. The molecule has 1 aromatic carbocycles. The van der Waals surface area contributed by atoms with Crippen molar-refractivity contribution in [3.8, 4) is 11.3 Å². The third-order valence-electron chi connectivity index (χ3n) is 5.76. The fourth-order valence-electron chi connectivity index (χ4n) is 3.80. The van der Waals surface area contributed by atoms with Crippen molar-refractivity contribution >= 4 is 11.8 Å². The summed E-state index contributed by atoms with van der Waals surface area (Å²) in [5, 5.41) is 6.91. The molecular formula is C24H26N4O3. The van der Waals surface area contributed by atoms with E-state index in [-0.39, 0.29) is 17.5 Å². The van der Waals surface area contributed by atoms with Crippen LogP contribution in [0.25, 0.3) is 11.3 Å². The number of amides is 2. The van der Waals surface area contributed by atoms with Gasteiger partial charge in [0.1, 0.15) is 6.04 Å². The number of benzene rings is 1. The minimum Gasteiger partial charge on any atom is -0.355 e. The topological polar surface area (TPSA) is 88.3 Å². The molecule has 1 saturated heterocycles. The lowest BCUT2D eigenvalue weighted by atomic mass is 10.0. The maximum atomic E-state index is 13.2. The number of pyridine rings is 1. The van der Waals surface area contributed by atoms with Crippen LogP contribution in [0.2, 0.25) is 0 Å². The molecule has 0 unspecified atom stereocenters. The SMILES string of the molecule is Cc1ccc(-c2cc(C(=O)N3CCCC[C@@H]3C(=O)NCc3ccccn3)no2)cc1C. The molecule has 1 N–H and O–H groups in total. The molecule has 0 radical (unpaired) electrons. The summed E-state index contributed by atoms with van der Waals surface area (Å²) in [5.41, 5.74) is 4.20. The van der Waals surface area contributed by atoms with Crippen LogP contribution in [0, 0.1) is 13.8 Å². The predicted molar refractivity (Wildman–Crippen MR) is 116 cm³/mol. The Morgan fingerprint density at radius 3 is 2.77 bits per heavy atom. The molecular weight excluding hydrogens is 392 g/mol. The molecule has 0 bridgehead atoms. The van der Waals surface area contributed by atoms with E-state index in [1.54, 1.807) is 17.2 Å². The van der Waals surface area contributed by atoms with Crippen LogP contribution in [0.15, 0.2) is 53.2 Å². The van der Waals surface area contributed by atoms with Crippen LogP contribution < -0.4 is 5.32 Å². The minimum atomic E-state index is -0.522. The summed E-state index contributed by atoms with van der Waals surface area (Å²) in [7, 11) is 0. The molecule has 7 heteroatoms. The molecule has 31 heavy (non-hydrogen) atoms. The number of hydrogen-bond acceptors (Lipinski definition) is 5. The maximum Gasteiger partial charge on any atom is 0.276 e. The molecule has 3 aromatic rings. The monoisotopic (exact) mass is 418 g/mol. The second kappa shape index (κ2) is 9.12. The lowest BCUT2D eigenvalue weighted by Gasteiger charge is -2.34. The Kier molecular flexibility index (Phi) is 6.11. The summed E-state index contributed by atoms with van der Waals surface area (Å²) < 4.78 is 5.45. The number of likely N-dealkylation sites (tertiary alicyclic amines) is 1. The molecule has 1 fully saturated rings. The summed E-state index contributed by atoms with van der Waals surface area (Å²) >= 11 is 0. The van der Waals surface area contributed by atoms with Crippen molar-refractivity contribution in [1.82, 2.24) is 20.4 Å². The van der Waals surface area contributed by atoms with E-state index >= 15 is 0 Å². The van der Waals surface area contributed by atoms with Gasteiger partial charge >= 0.3 is 0 Å². The van der Waals surface area contributed by atoms with Gasteiger partial charge in [0.15, 0.2) is 11.5 Å². The van der Waals surface area contributed by atoms with Crippen molar-refractivity contribution in [3.05, 3.63) is 71.2 Å². The van der Waals surface area contributed by atoms with Crippen molar-refractivity contribution in [2.45, 2.75) is 45.7 Å². The van der Waals surface area contributed by atoms with Crippen molar-refractivity contribution < 1.29 is 14.1 Å². The van der Waals surface area contributed by atoms with Gasteiger partial charge in [0.2, 0.25) is 5.91 Å². The van der Waals surface area contributed by atoms with Gasteiger partial charge in [0, 0.05) is 24.4 Å². The molecule has 1 atom stereocenters. The third-order valence-corrected chi connectivity index (χ3v) is 5.76. The number of carbonyl (C=O) groups excluding carboxylic acids is 2. The van der Waals surface area contributed by atoms with E-state index in [1.807, 2.05) is 50.2 Å². The van der Waals surface area contributed by atoms with Gasteiger partial charge in [0.05, 0.1) is 12.2 Å². The van der Waals surface area contributed by atoms with Crippen LogP contribution >= 0.6 is 0 Å². The van der Waals surface area contributed by atoms with E-state index in [0.717, 1.165) is 29.7 Å². The fraction of sp³-hybridized carbons (Fsp3) is 0.333.